The molecule has 0 saturated heterocycles. The summed E-state index contributed by atoms with van der Waals surface area (Å²) in [5.74, 6) is -0.845. The van der Waals surface area contributed by atoms with Crippen molar-refractivity contribution < 1.29 is 14.3 Å². The molecule has 0 saturated carbocycles. The molecule has 2 rings (SSSR count). The van der Waals surface area contributed by atoms with Gasteiger partial charge in [0.2, 0.25) is 0 Å². The van der Waals surface area contributed by atoms with E-state index in [0.717, 1.165) is 0 Å². The van der Waals surface area contributed by atoms with Gasteiger partial charge in [-0.2, -0.15) is 5.10 Å². The quantitative estimate of drug-likeness (QED) is 0.503. The Morgan fingerprint density at radius 2 is 1.91 bits per heavy atom. The van der Waals surface area contributed by atoms with Crippen molar-refractivity contribution in [3.63, 3.8) is 0 Å². The molecule has 2 N–H and O–H groups in total. The van der Waals surface area contributed by atoms with Gasteiger partial charge in [-0.25, -0.2) is 10.4 Å². The molecule has 0 spiro atoms. The average Bonchev–Trinajstić information content (AvgIpc) is 2.56. The minimum atomic E-state index is -0.892. The number of rotatable bonds is 4. The molecule has 1 heterocycles. The highest BCUT2D eigenvalue weighted by molar-refractivity contribution is 6.39. The van der Waals surface area contributed by atoms with Crippen LogP contribution in [0.5, 0.6) is 5.75 Å². The first-order chi connectivity index (χ1) is 10.7. The number of ether oxygens (including phenoxy) is 1. The minimum Gasteiger partial charge on any atom is -0.496 e. The van der Waals surface area contributed by atoms with Gasteiger partial charge >= 0.3 is 11.8 Å². The summed E-state index contributed by atoms with van der Waals surface area (Å²) in [5.41, 5.74) is 2.81. The molecule has 7 heteroatoms. The molecule has 0 aliphatic heterocycles. The number of pyridine rings is 1. The summed E-state index contributed by atoms with van der Waals surface area (Å²) in [6.07, 6.45) is 2.90. The van der Waals surface area contributed by atoms with Crippen LogP contribution >= 0.6 is 0 Å². The fourth-order valence-electron chi connectivity index (χ4n) is 1.59. The Balaban J connectivity index is 1.92. The maximum Gasteiger partial charge on any atom is 0.329 e. The molecular weight excluding hydrogens is 284 g/mol. The summed E-state index contributed by atoms with van der Waals surface area (Å²) in [5, 5.41) is 6.08. The number of carbonyl (C=O) groups is 2. The van der Waals surface area contributed by atoms with Crippen molar-refractivity contribution in [1.82, 2.24) is 10.4 Å². The van der Waals surface area contributed by atoms with Crippen molar-refractivity contribution in [1.29, 1.82) is 0 Å². The Kier molecular flexibility index (Phi) is 5.20. The Hall–Kier alpha value is -3.22. The summed E-state index contributed by atoms with van der Waals surface area (Å²) in [6, 6.07) is 12.1. The zero-order valence-electron chi connectivity index (χ0n) is 11.8. The van der Waals surface area contributed by atoms with Gasteiger partial charge in [-0.05, 0) is 24.3 Å². The van der Waals surface area contributed by atoms with E-state index in [1.165, 1.54) is 19.5 Å². The second kappa shape index (κ2) is 7.53. The van der Waals surface area contributed by atoms with E-state index in [1.54, 1.807) is 36.4 Å². The molecular formula is C15H14N4O3. The van der Waals surface area contributed by atoms with Gasteiger partial charge in [0, 0.05) is 11.8 Å². The molecule has 0 aliphatic carbocycles. The predicted molar refractivity (Wildman–Crippen MR) is 81.6 cm³/mol. The summed E-state index contributed by atoms with van der Waals surface area (Å²) >= 11 is 0. The van der Waals surface area contributed by atoms with Crippen molar-refractivity contribution in [3.8, 4) is 5.75 Å². The second-order valence-corrected chi connectivity index (χ2v) is 4.11. The van der Waals surface area contributed by atoms with Crippen LogP contribution in [0.3, 0.4) is 0 Å². The first kappa shape index (κ1) is 15.2. The van der Waals surface area contributed by atoms with Gasteiger partial charge in [-0.1, -0.05) is 18.2 Å². The third kappa shape index (κ3) is 4.14. The van der Waals surface area contributed by atoms with E-state index < -0.39 is 11.8 Å². The third-order valence-corrected chi connectivity index (χ3v) is 2.62. The number of nitrogens with one attached hydrogen (secondary N) is 2. The molecule has 112 valence electrons. The van der Waals surface area contributed by atoms with Crippen molar-refractivity contribution in [2.45, 2.75) is 0 Å². The van der Waals surface area contributed by atoms with Crippen molar-refractivity contribution in [2.75, 3.05) is 12.4 Å². The smallest absolute Gasteiger partial charge is 0.329 e. The van der Waals surface area contributed by atoms with E-state index in [1.807, 2.05) is 6.07 Å². The lowest BCUT2D eigenvalue weighted by molar-refractivity contribution is -0.136. The van der Waals surface area contributed by atoms with Gasteiger partial charge < -0.3 is 10.1 Å². The number of carbonyl (C=O) groups excluding carboxylic acids is 2. The fraction of sp³-hybridized carbons (Fsp3) is 0.0667. The van der Waals surface area contributed by atoms with Crippen molar-refractivity contribution in [2.24, 2.45) is 5.10 Å². The Morgan fingerprint density at radius 1 is 1.14 bits per heavy atom. The lowest BCUT2D eigenvalue weighted by atomic mass is 10.2. The topological polar surface area (TPSA) is 92.7 Å². The van der Waals surface area contributed by atoms with Crippen LogP contribution in [0.25, 0.3) is 0 Å². The third-order valence-electron chi connectivity index (χ3n) is 2.62. The maximum absolute atomic E-state index is 11.6. The molecule has 0 fully saturated rings. The Labute approximate surface area is 127 Å². The van der Waals surface area contributed by atoms with Gasteiger partial charge in [0.15, 0.2) is 0 Å². The molecule has 7 nitrogen and oxygen atoms in total. The molecule has 0 bridgehead atoms. The summed E-state index contributed by atoms with van der Waals surface area (Å²) in [4.78, 5) is 27.1. The van der Waals surface area contributed by atoms with Crippen LogP contribution in [0.4, 0.5) is 5.82 Å². The lowest BCUT2D eigenvalue weighted by Gasteiger charge is -2.04. The molecule has 1 aromatic heterocycles. The number of benzene rings is 1. The standard InChI is InChI=1S/C15H14N4O3/c1-22-12-7-3-2-6-11(12)10-17-19-15(21)14(20)18-13-8-4-5-9-16-13/h2-10H,1H3,(H,19,21)(H,16,18,20)/b17-10-. The van der Waals surface area contributed by atoms with Crippen LogP contribution in [-0.4, -0.2) is 30.1 Å². The number of nitrogens with zero attached hydrogens (tertiary/aromatic N) is 2. The minimum absolute atomic E-state index is 0.288. The van der Waals surface area contributed by atoms with Gasteiger partial charge in [0.25, 0.3) is 0 Å². The number of hydrazone groups is 1. The van der Waals surface area contributed by atoms with Crippen molar-refractivity contribution >= 4 is 23.8 Å². The largest absolute Gasteiger partial charge is 0.496 e. The van der Waals surface area contributed by atoms with E-state index in [0.29, 0.717) is 11.3 Å². The Morgan fingerprint density at radius 3 is 2.64 bits per heavy atom. The highest BCUT2D eigenvalue weighted by Gasteiger charge is 2.13. The van der Waals surface area contributed by atoms with Gasteiger partial charge in [0.1, 0.15) is 11.6 Å². The number of hydrogen-bond donors (Lipinski definition) is 2. The molecule has 2 amide bonds. The highest BCUT2D eigenvalue weighted by Crippen LogP contribution is 2.14. The van der Waals surface area contributed by atoms with Crippen LogP contribution in [0.2, 0.25) is 0 Å². The van der Waals surface area contributed by atoms with Crippen LogP contribution in [0, 0.1) is 0 Å². The SMILES string of the molecule is COc1ccccc1/C=N\NC(=O)C(=O)Nc1ccccn1. The van der Waals surface area contributed by atoms with Gasteiger partial charge in [-0.15, -0.1) is 0 Å². The predicted octanol–water partition coefficient (Wildman–Crippen LogP) is 1.18. The normalized spacial score (nSPS) is 10.2. The molecule has 0 radical (unpaired) electrons. The monoisotopic (exact) mass is 298 g/mol. The molecule has 22 heavy (non-hydrogen) atoms. The van der Waals surface area contributed by atoms with Gasteiger partial charge in [-0.3, -0.25) is 9.59 Å². The number of anilines is 1. The lowest BCUT2D eigenvalue weighted by Crippen LogP contribution is -2.32. The average molecular weight is 298 g/mol. The van der Waals surface area contributed by atoms with Gasteiger partial charge in [0.05, 0.1) is 13.3 Å². The van der Waals surface area contributed by atoms with E-state index in [9.17, 15) is 9.59 Å². The molecule has 2 aromatic rings. The second-order valence-electron chi connectivity index (χ2n) is 4.11. The summed E-state index contributed by atoms with van der Waals surface area (Å²) in [7, 11) is 1.53. The first-order valence-corrected chi connectivity index (χ1v) is 6.39. The van der Waals surface area contributed by atoms with Crippen LogP contribution < -0.4 is 15.5 Å². The number of aromatic nitrogens is 1. The van der Waals surface area contributed by atoms with Crippen LogP contribution in [0.1, 0.15) is 5.56 Å². The summed E-state index contributed by atoms with van der Waals surface area (Å²) < 4.78 is 5.14. The molecule has 0 aliphatic rings. The molecule has 0 atom stereocenters. The zero-order valence-corrected chi connectivity index (χ0v) is 11.8. The Bertz CT molecular complexity index is 686. The van der Waals surface area contributed by atoms with Crippen molar-refractivity contribution in [3.05, 3.63) is 54.2 Å². The van der Waals surface area contributed by atoms with Crippen LogP contribution in [0.15, 0.2) is 53.8 Å². The highest BCUT2D eigenvalue weighted by atomic mass is 16.5. The summed E-state index contributed by atoms with van der Waals surface area (Å²) in [6.45, 7) is 0. The van der Waals surface area contributed by atoms with E-state index in [-0.39, 0.29) is 5.82 Å². The molecule has 1 aromatic carbocycles. The maximum atomic E-state index is 11.6. The number of hydrogen-bond acceptors (Lipinski definition) is 5. The number of methoxy groups -OCH3 is 1. The zero-order chi connectivity index (χ0) is 15.8. The number of para-hydroxylation sites is 1. The molecule has 0 unspecified atom stereocenters. The number of amides is 2. The van der Waals surface area contributed by atoms with E-state index in [4.69, 9.17) is 4.74 Å². The van der Waals surface area contributed by atoms with E-state index in [2.05, 4.69) is 20.8 Å². The van der Waals surface area contributed by atoms with E-state index >= 15 is 0 Å². The first-order valence-electron chi connectivity index (χ1n) is 6.39. The fourth-order valence-corrected chi connectivity index (χ4v) is 1.59. The van der Waals surface area contributed by atoms with Crippen LogP contribution in [-0.2, 0) is 9.59 Å².